The molecule has 154 valence electrons. The summed E-state index contributed by atoms with van der Waals surface area (Å²) in [5, 5.41) is 5.19. The van der Waals surface area contributed by atoms with Crippen molar-refractivity contribution in [2.45, 2.75) is 51.4 Å². The molecular weight excluding hydrogens is 487 g/mol. The second-order valence-corrected chi connectivity index (χ2v) is 8.78. The molecule has 0 saturated carbocycles. The van der Waals surface area contributed by atoms with Crippen LogP contribution in [-0.4, -0.2) is 27.3 Å². The van der Waals surface area contributed by atoms with Crippen molar-refractivity contribution in [3.8, 4) is 0 Å². The zero-order valence-electron chi connectivity index (χ0n) is 16.0. The van der Waals surface area contributed by atoms with Gasteiger partial charge < -0.3 is 5.32 Å². The molecule has 2 unspecified atom stereocenters. The molecule has 1 aromatic rings. The number of hydrogen-bond donors (Lipinski definition) is 2. The Hall–Kier alpha value is -2.10. The van der Waals surface area contributed by atoms with Gasteiger partial charge in [0.15, 0.2) is 9.57 Å². The van der Waals surface area contributed by atoms with Crippen LogP contribution in [0, 0.1) is 11.8 Å². The Morgan fingerprint density at radius 3 is 2.59 bits per heavy atom. The number of Topliss-reactive ketones (excluding diaryl/α,β-unsaturated/α-hetero) is 1. The number of benzene rings is 1. The van der Waals surface area contributed by atoms with Gasteiger partial charge in [-0.2, -0.15) is 0 Å². The van der Waals surface area contributed by atoms with Gasteiger partial charge in [0.2, 0.25) is 17.7 Å². The van der Waals surface area contributed by atoms with Crippen molar-refractivity contribution in [3.05, 3.63) is 29.3 Å². The van der Waals surface area contributed by atoms with Gasteiger partial charge in [0, 0.05) is 42.3 Å². The normalized spacial score (nSPS) is 21.8. The van der Waals surface area contributed by atoms with Crippen LogP contribution in [0.15, 0.2) is 18.2 Å². The smallest absolute Gasteiger partial charge is 0.229 e. The number of nitrogens with one attached hydrogen (secondary N) is 2. The number of anilines is 1. The molecule has 29 heavy (non-hydrogen) atoms. The summed E-state index contributed by atoms with van der Waals surface area (Å²) in [4.78, 5) is 59.8. The monoisotopic (exact) mass is 510 g/mol. The Bertz CT molecular complexity index is 867. The number of rotatable bonds is 6. The lowest BCUT2D eigenvalue weighted by atomic mass is 9.83. The average Bonchev–Trinajstić information content (AvgIpc) is 2.82. The summed E-state index contributed by atoms with van der Waals surface area (Å²) in [5.74, 6) is -1.40. The number of halogens is 1. The molecule has 1 aliphatic heterocycles. The lowest BCUT2D eigenvalue weighted by Crippen LogP contribution is -2.41. The fraction of sp³-hybridized carbons (Fsp3) is 0.476. The molecule has 0 radical (unpaired) electrons. The molecule has 1 fully saturated rings. The highest BCUT2D eigenvalue weighted by Crippen LogP contribution is 2.34. The van der Waals surface area contributed by atoms with Gasteiger partial charge in [0.1, 0.15) is 0 Å². The minimum absolute atomic E-state index is 0.0132. The minimum atomic E-state index is -0.322. The number of carbonyl (C=O) groups excluding carboxylic acids is 5. The van der Waals surface area contributed by atoms with Crippen molar-refractivity contribution in [1.82, 2.24) is 5.32 Å². The molecule has 2 N–H and O–H groups in total. The third-order valence-corrected chi connectivity index (χ3v) is 6.08. The number of imide groups is 1. The second kappa shape index (κ2) is 9.60. The molecular formula is C21H23IN2O5. The summed E-state index contributed by atoms with van der Waals surface area (Å²) < 4.78 is -0.0730. The van der Waals surface area contributed by atoms with Crippen molar-refractivity contribution < 1.29 is 24.0 Å². The molecule has 1 aliphatic carbocycles. The maximum Gasteiger partial charge on any atom is 0.229 e. The van der Waals surface area contributed by atoms with Gasteiger partial charge in [-0.05, 0) is 66.3 Å². The fourth-order valence-corrected chi connectivity index (χ4v) is 4.31. The molecule has 0 spiro atoms. The zero-order valence-corrected chi connectivity index (χ0v) is 18.1. The molecule has 1 aromatic carbocycles. The SMILES string of the molecule is O=C(I)CCC(=O)Nc1cccc2c1CCCC(CC1CCC(=O)NC1=O)C2=O. The van der Waals surface area contributed by atoms with Crippen molar-refractivity contribution >= 4 is 55.6 Å². The van der Waals surface area contributed by atoms with Crippen LogP contribution in [0.2, 0.25) is 0 Å². The first-order valence-corrected chi connectivity index (χ1v) is 10.9. The van der Waals surface area contributed by atoms with Gasteiger partial charge in [-0.3, -0.25) is 29.3 Å². The molecule has 8 heteroatoms. The van der Waals surface area contributed by atoms with Crippen LogP contribution in [0.5, 0.6) is 0 Å². The molecule has 2 atom stereocenters. The summed E-state index contributed by atoms with van der Waals surface area (Å²) in [5.41, 5.74) is 2.02. The largest absolute Gasteiger partial charge is 0.326 e. The molecule has 0 bridgehead atoms. The maximum absolute atomic E-state index is 13.2. The number of hydrogen-bond acceptors (Lipinski definition) is 5. The number of carbonyl (C=O) groups is 5. The van der Waals surface area contributed by atoms with Crippen LogP contribution in [-0.2, 0) is 25.6 Å². The molecule has 7 nitrogen and oxygen atoms in total. The zero-order chi connectivity index (χ0) is 21.0. The molecule has 0 aromatic heterocycles. The highest BCUT2D eigenvalue weighted by Gasteiger charge is 2.33. The van der Waals surface area contributed by atoms with E-state index in [2.05, 4.69) is 10.6 Å². The number of amides is 3. The first-order chi connectivity index (χ1) is 13.8. The van der Waals surface area contributed by atoms with Crippen LogP contribution in [0.25, 0.3) is 0 Å². The van der Waals surface area contributed by atoms with Crippen molar-refractivity contribution in [3.63, 3.8) is 0 Å². The van der Waals surface area contributed by atoms with E-state index < -0.39 is 0 Å². The summed E-state index contributed by atoms with van der Waals surface area (Å²) in [6.07, 6.45) is 3.61. The van der Waals surface area contributed by atoms with Crippen LogP contribution >= 0.6 is 22.6 Å². The molecule has 2 aliphatic rings. The van der Waals surface area contributed by atoms with E-state index >= 15 is 0 Å². The van der Waals surface area contributed by atoms with Crippen LogP contribution in [0.3, 0.4) is 0 Å². The highest BCUT2D eigenvalue weighted by molar-refractivity contribution is 14.1. The lowest BCUT2D eigenvalue weighted by Gasteiger charge is -2.24. The predicted octanol–water partition coefficient (Wildman–Crippen LogP) is 2.95. The number of piperidine rings is 1. The van der Waals surface area contributed by atoms with E-state index in [1.165, 1.54) is 0 Å². The topological polar surface area (TPSA) is 109 Å². The summed E-state index contributed by atoms with van der Waals surface area (Å²) in [6.45, 7) is 0. The lowest BCUT2D eigenvalue weighted by molar-refractivity contribution is -0.136. The Labute approximate surface area is 182 Å². The van der Waals surface area contributed by atoms with E-state index in [0.717, 1.165) is 12.0 Å². The van der Waals surface area contributed by atoms with E-state index in [4.69, 9.17) is 0 Å². The number of ketones is 1. The van der Waals surface area contributed by atoms with Gasteiger partial charge in [-0.25, -0.2) is 0 Å². The fourth-order valence-electron chi connectivity index (χ4n) is 4.04. The van der Waals surface area contributed by atoms with Crippen molar-refractivity contribution in [1.29, 1.82) is 0 Å². The van der Waals surface area contributed by atoms with E-state index in [-0.39, 0.29) is 52.0 Å². The van der Waals surface area contributed by atoms with Gasteiger partial charge >= 0.3 is 0 Å². The standard InChI is InChI=1S/C21H23IN2O5/c22-17(25)8-10-18(26)23-16-6-2-5-15-14(16)4-1-3-12(20(15)28)11-13-7-9-19(27)24-21(13)29/h2,5-6,12-13H,1,3-4,7-11H2,(H,23,26)(H,24,27,29). The summed E-state index contributed by atoms with van der Waals surface area (Å²) in [7, 11) is 0. The van der Waals surface area contributed by atoms with Gasteiger partial charge in [0.05, 0.1) is 0 Å². The second-order valence-electron chi connectivity index (χ2n) is 7.57. The summed E-state index contributed by atoms with van der Waals surface area (Å²) in [6, 6.07) is 5.28. The van der Waals surface area contributed by atoms with E-state index in [1.807, 2.05) is 0 Å². The number of fused-ring (bicyclic) bond motifs is 1. The Morgan fingerprint density at radius 1 is 1.07 bits per heavy atom. The highest BCUT2D eigenvalue weighted by atomic mass is 127. The van der Waals surface area contributed by atoms with Crippen LogP contribution in [0.4, 0.5) is 5.69 Å². The Kier molecular flexibility index (Phi) is 7.15. The third-order valence-electron chi connectivity index (χ3n) is 5.54. The summed E-state index contributed by atoms with van der Waals surface area (Å²) >= 11 is 1.67. The quantitative estimate of drug-likeness (QED) is 0.265. The van der Waals surface area contributed by atoms with Gasteiger partial charge in [0.25, 0.3) is 0 Å². The van der Waals surface area contributed by atoms with E-state index in [0.29, 0.717) is 43.4 Å². The van der Waals surface area contributed by atoms with Gasteiger partial charge in [-0.1, -0.05) is 12.1 Å². The molecule has 1 heterocycles. The Morgan fingerprint density at radius 2 is 1.86 bits per heavy atom. The first kappa shape index (κ1) is 21.6. The van der Waals surface area contributed by atoms with Crippen LogP contribution < -0.4 is 10.6 Å². The Balaban J connectivity index is 1.74. The predicted molar refractivity (Wildman–Crippen MR) is 115 cm³/mol. The minimum Gasteiger partial charge on any atom is -0.326 e. The first-order valence-electron chi connectivity index (χ1n) is 9.83. The van der Waals surface area contributed by atoms with Gasteiger partial charge in [-0.15, -0.1) is 0 Å². The molecule has 3 rings (SSSR count). The van der Waals surface area contributed by atoms with E-state index in [9.17, 15) is 24.0 Å². The average molecular weight is 510 g/mol. The van der Waals surface area contributed by atoms with Crippen molar-refractivity contribution in [2.24, 2.45) is 11.8 Å². The van der Waals surface area contributed by atoms with Crippen LogP contribution in [0.1, 0.15) is 60.9 Å². The molecule has 1 saturated heterocycles. The van der Waals surface area contributed by atoms with E-state index in [1.54, 1.807) is 40.8 Å². The third kappa shape index (κ3) is 5.49. The molecule has 3 amide bonds. The maximum atomic E-state index is 13.2. The van der Waals surface area contributed by atoms with Crippen molar-refractivity contribution in [2.75, 3.05) is 5.32 Å².